The van der Waals surface area contributed by atoms with Crippen LogP contribution in [-0.2, 0) is 16.0 Å². The zero-order valence-electron chi connectivity index (χ0n) is 13.8. The molecule has 126 valence electrons. The maximum atomic E-state index is 13.8. The summed E-state index contributed by atoms with van der Waals surface area (Å²) < 4.78 is 24.3. The third kappa shape index (κ3) is 7.84. The van der Waals surface area contributed by atoms with Crippen LogP contribution in [0.2, 0.25) is 0 Å². The Morgan fingerprint density at radius 3 is 2.64 bits per heavy atom. The molecule has 0 aliphatic rings. The molecule has 0 heterocycles. The summed E-state index contributed by atoms with van der Waals surface area (Å²) in [6, 6.07) is 6.74. The molecule has 0 saturated carbocycles. The van der Waals surface area contributed by atoms with Gasteiger partial charge in [-0.1, -0.05) is 18.2 Å². The molecule has 1 N–H and O–H groups in total. The van der Waals surface area contributed by atoms with Gasteiger partial charge in [-0.3, -0.25) is 4.90 Å². The van der Waals surface area contributed by atoms with Gasteiger partial charge >= 0.3 is 0 Å². The molecule has 0 bridgehead atoms. The van der Waals surface area contributed by atoms with Gasteiger partial charge < -0.3 is 14.6 Å². The predicted molar refractivity (Wildman–Crippen MR) is 85.3 cm³/mol. The fourth-order valence-electron chi connectivity index (χ4n) is 2.19. The molecule has 0 amide bonds. The topological polar surface area (TPSA) is 41.9 Å². The largest absolute Gasteiger partial charge is 0.389 e. The van der Waals surface area contributed by atoms with Crippen LogP contribution < -0.4 is 0 Å². The van der Waals surface area contributed by atoms with Gasteiger partial charge in [-0.05, 0) is 26.3 Å². The Morgan fingerprint density at radius 1 is 1.27 bits per heavy atom. The molecule has 1 unspecified atom stereocenters. The molecule has 0 radical (unpaired) electrons. The second-order valence-electron chi connectivity index (χ2n) is 5.71. The Balaban J connectivity index is 2.57. The second-order valence-corrected chi connectivity index (χ2v) is 5.71. The number of rotatable bonds is 11. The van der Waals surface area contributed by atoms with Gasteiger partial charge in [0.1, 0.15) is 5.82 Å². The smallest absolute Gasteiger partial charge is 0.127 e. The number of hydrogen-bond donors (Lipinski definition) is 1. The van der Waals surface area contributed by atoms with E-state index in [9.17, 15) is 9.50 Å². The average Bonchev–Trinajstić information content (AvgIpc) is 2.47. The third-order valence-electron chi connectivity index (χ3n) is 3.27. The molecule has 22 heavy (non-hydrogen) atoms. The van der Waals surface area contributed by atoms with E-state index in [-0.39, 0.29) is 18.5 Å². The Kier molecular flexibility index (Phi) is 9.24. The van der Waals surface area contributed by atoms with E-state index in [4.69, 9.17) is 9.47 Å². The number of nitrogens with zero attached hydrogens (tertiary/aromatic N) is 1. The molecule has 5 heteroatoms. The van der Waals surface area contributed by atoms with Crippen molar-refractivity contribution < 1.29 is 19.0 Å². The quantitative estimate of drug-likeness (QED) is 0.637. The lowest BCUT2D eigenvalue weighted by molar-refractivity contribution is -0.0104. The van der Waals surface area contributed by atoms with Crippen molar-refractivity contribution in [1.29, 1.82) is 0 Å². The van der Waals surface area contributed by atoms with Gasteiger partial charge in [-0.15, -0.1) is 0 Å². The summed E-state index contributed by atoms with van der Waals surface area (Å²) >= 11 is 0. The summed E-state index contributed by atoms with van der Waals surface area (Å²) in [5, 5.41) is 10.1. The zero-order valence-corrected chi connectivity index (χ0v) is 13.8. The van der Waals surface area contributed by atoms with Gasteiger partial charge in [0.05, 0.1) is 18.8 Å². The Bertz CT molecular complexity index is 415. The van der Waals surface area contributed by atoms with E-state index in [1.807, 2.05) is 24.8 Å². The van der Waals surface area contributed by atoms with E-state index in [2.05, 4.69) is 0 Å². The lowest BCUT2D eigenvalue weighted by atomic mass is 10.2. The van der Waals surface area contributed by atoms with Crippen LogP contribution in [0, 0.1) is 5.82 Å². The van der Waals surface area contributed by atoms with Crippen LogP contribution in [0.25, 0.3) is 0 Å². The second kappa shape index (κ2) is 10.7. The molecule has 1 aromatic rings. The van der Waals surface area contributed by atoms with Crippen molar-refractivity contribution >= 4 is 0 Å². The predicted octanol–water partition coefficient (Wildman–Crippen LogP) is 2.45. The number of benzene rings is 1. The lowest BCUT2D eigenvalue weighted by Gasteiger charge is -2.25. The van der Waals surface area contributed by atoms with E-state index in [1.54, 1.807) is 19.2 Å². The van der Waals surface area contributed by atoms with Crippen LogP contribution in [0.4, 0.5) is 4.39 Å². The fraction of sp³-hybridized carbons (Fsp3) is 0.647. The number of methoxy groups -OCH3 is 1. The number of aliphatic hydroxyl groups is 1. The summed E-state index contributed by atoms with van der Waals surface area (Å²) in [7, 11) is 1.66. The van der Waals surface area contributed by atoms with Gasteiger partial charge in [0, 0.05) is 38.9 Å². The summed E-state index contributed by atoms with van der Waals surface area (Å²) in [5.41, 5.74) is 0.636. The fourth-order valence-corrected chi connectivity index (χ4v) is 2.19. The molecule has 0 aliphatic carbocycles. The Labute approximate surface area is 132 Å². The first-order valence-corrected chi connectivity index (χ1v) is 7.77. The molecule has 0 saturated heterocycles. The first-order chi connectivity index (χ1) is 10.5. The standard InChI is InChI=1S/C17H28FNO3/c1-14(2)22-13-16(20)12-19(9-6-10-21-3)11-15-7-4-5-8-17(15)18/h4-5,7-8,14,16,20H,6,9-13H2,1-3H3. The van der Waals surface area contributed by atoms with Crippen molar-refractivity contribution in [3.63, 3.8) is 0 Å². The van der Waals surface area contributed by atoms with Crippen LogP contribution in [0.5, 0.6) is 0 Å². The molecule has 0 fully saturated rings. The Morgan fingerprint density at radius 2 is 2.00 bits per heavy atom. The Hall–Kier alpha value is -1.01. The van der Waals surface area contributed by atoms with Gasteiger partial charge in [0.25, 0.3) is 0 Å². The highest BCUT2D eigenvalue weighted by Crippen LogP contribution is 2.11. The normalized spacial score (nSPS) is 13.0. The molecule has 0 aliphatic heterocycles. The number of halogens is 1. The molecular weight excluding hydrogens is 285 g/mol. The minimum Gasteiger partial charge on any atom is -0.389 e. The van der Waals surface area contributed by atoms with Gasteiger partial charge in [-0.2, -0.15) is 0 Å². The van der Waals surface area contributed by atoms with Crippen molar-refractivity contribution in [3.05, 3.63) is 35.6 Å². The average molecular weight is 313 g/mol. The van der Waals surface area contributed by atoms with Crippen LogP contribution in [0.15, 0.2) is 24.3 Å². The zero-order chi connectivity index (χ0) is 16.4. The molecule has 1 aromatic carbocycles. The highest BCUT2D eigenvalue weighted by atomic mass is 19.1. The van der Waals surface area contributed by atoms with Crippen molar-refractivity contribution in [2.75, 3.05) is 33.4 Å². The van der Waals surface area contributed by atoms with E-state index in [0.29, 0.717) is 25.3 Å². The first kappa shape index (κ1) is 19.0. The molecule has 1 atom stereocenters. The molecule has 0 aromatic heterocycles. The van der Waals surface area contributed by atoms with Crippen LogP contribution in [-0.4, -0.2) is 55.6 Å². The molecule has 1 rings (SSSR count). The van der Waals surface area contributed by atoms with E-state index in [0.717, 1.165) is 13.0 Å². The maximum absolute atomic E-state index is 13.8. The van der Waals surface area contributed by atoms with Crippen molar-refractivity contribution in [2.45, 2.75) is 39.0 Å². The monoisotopic (exact) mass is 313 g/mol. The first-order valence-electron chi connectivity index (χ1n) is 7.77. The lowest BCUT2D eigenvalue weighted by Crippen LogP contribution is -2.36. The third-order valence-corrected chi connectivity index (χ3v) is 3.27. The van der Waals surface area contributed by atoms with Gasteiger partial charge in [0.15, 0.2) is 0 Å². The van der Waals surface area contributed by atoms with Crippen LogP contribution >= 0.6 is 0 Å². The molecule has 0 spiro atoms. The van der Waals surface area contributed by atoms with Gasteiger partial charge in [0.2, 0.25) is 0 Å². The maximum Gasteiger partial charge on any atom is 0.127 e. The highest BCUT2D eigenvalue weighted by molar-refractivity contribution is 5.17. The number of hydrogen-bond acceptors (Lipinski definition) is 4. The minimum absolute atomic E-state index is 0.0863. The number of aliphatic hydroxyl groups excluding tert-OH is 1. The van der Waals surface area contributed by atoms with Crippen LogP contribution in [0.1, 0.15) is 25.8 Å². The summed E-state index contributed by atoms with van der Waals surface area (Å²) in [6.45, 7) is 6.45. The van der Waals surface area contributed by atoms with E-state index >= 15 is 0 Å². The highest BCUT2D eigenvalue weighted by Gasteiger charge is 2.14. The van der Waals surface area contributed by atoms with Crippen molar-refractivity contribution in [1.82, 2.24) is 4.90 Å². The number of ether oxygens (including phenoxy) is 2. The van der Waals surface area contributed by atoms with E-state index < -0.39 is 6.10 Å². The summed E-state index contributed by atoms with van der Waals surface area (Å²) in [5.74, 6) is -0.216. The van der Waals surface area contributed by atoms with Crippen molar-refractivity contribution in [3.8, 4) is 0 Å². The summed E-state index contributed by atoms with van der Waals surface area (Å²) in [6.07, 6.45) is 0.336. The minimum atomic E-state index is -0.586. The molecule has 4 nitrogen and oxygen atoms in total. The van der Waals surface area contributed by atoms with Crippen molar-refractivity contribution in [2.24, 2.45) is 0 Å². The molecular formula is C17H28FNO3. The SMILES string of the molecule is COCCCN(Cc1ccccc1F)CC(O)COC(C)C. The van der Waals surface area contributed by atoms with Gasteiger partial charge in [-0.25, -0.2) is 4.39 Å². The van der Waals surface area contributed by atoms with E-state index in [1.165, 1.54) is 6.07 Å². The van der Waals surface area contributed by atoms with Crippen LogP contribution in [0.3, 0.4) is 0 Å². The summed E-state index contributed by atoms with van der Waals surface area (Å²) in [4.78, 5) is 2.03.